The van der Waals surface area contributed by atoms with Gasteiger partial charge in [0.25, 0.3) is 5.91 Å². The Kier molecular flexibility index (Phi) is 10.1. The highest BCUT2D eigenvalue weighted by Crippen LogP contribution is 2.39. The molecule has 10 heteroatoms. The van der Waals surface area contributed by atoms with E-state index in [1.807, 2.05) is 42.5 Å². The first-order chi connectivity index (χ1) is 23.3. The maximum atomic E-state index is 14.2. The molecule has 2 heterocycles. The lowest BCUT2D eigenvalue weighted by molar-refractivity contribution is -0.133. The molecule has 0 radical (unpaired) electrons. The van der Waals surface area contributed by atoms with Gasteiger partial charge in [0, 0.05) is 50.3 Å². The Morgan fingerprint density at radius 3 is 1.82 bits per heavy atom. The van der Waals surface area contributed by atoms with Crippen LogP contribution in [-0.2, 0) is 29.1 Å². The zero-order valence-corrected chi connectivity index (χ0v) is 27.8. The number of Topliss-reactive ketones (excluding diaryl/α,β-unsaturated/α-hetero) is 1. The number of anilines is 1. The summed E-state index contributed by atoms with van der Waals surface area (Å²) in [5, 5.41) is 18.0. The molecule has 0 saturated heterocycles. The topological polar surface area (TPSA) is 107 Å². The molecule has 6 rings (SSSR count). The first-order valence-corrected chi connectivity index (χ1v) is 15.8. The fourth-order valence-electron chi connectivity index (χ4n) is 5.67. The summed E-state index contributed by atoms with van der Waals surface area (Å²) in [4.78, 5) is 28.8. The number of ketones is 1. The van der Waals surface area contributed by atoms with Crippen LogP contribution in [0.1, 0.15) is 55.5 Å². The van der Waals surface area contributed by atoms with Crippen molar-refractivity contribution in [1.82, 2.24) is 4.90 Å². The van der Waals surface area contributed by atoms with Gasteiger partial charge < -0.3 is 14.4 Å². The fourth-order valence-corrected chi connectivity index (χ4v) is 5.67. The highest BCUT2D eigenvalue weighted by atomic mass is 19.1. The second-order valence-corrected chi connectivity index (χ2v) is 12.9. The minimum atomic E-state index is -1.13. The Morgan fingerprint density at radius 1 is 0.755 bits per heavy atom. The number of nitriles is 2. The standard InChI is InChI=1S/C27H26FN3O2.C12H10FNO2/c1-27(2)26(32)31(24-15-22(17-29)23(28)16-25(24)33-27)14-13-30(18-20-9-5-3-6-10-20)19-21-11-7-4-8-12-21;1-12(2)11(15)4-7-3-8(6-14)9(13)5-10(7)16-12/h3-12,15-16H,13-14,18-19H2,1-2H3;3,5H,4H2,1-2H3. The zero-order chi connectivity index (χ0) is 35.3. The number of hydrogen-bond donors (Lipinski definition) is 0. The summed E-state index contributed by atoms with van der Waals surface area (Å²) in [6, 6.07) is 29.1. The molecule has 250 valence electrons. The van der Waals surface area contributed by atoms with E-state index in [2.05, 4.69) is 29.2 Å². The molecule has 0 saturated carbocycles. The van der Waals surface area contributed by atoms with Crippen LogP contribution in [0.3, 0.4) is 0 Å². The summed E-state index contributed by atoms with van der Waals surface area (Å²) in [6.45, 7) is 9.05. The van der Waals surface area contributed by atoms with E-state index in [1.54, 1.807) is 38.7 Å². The van der Waals surface area contributed by atoms with Crippen molar-refractivity contribution in [2.24, 2.45) is 0 Å². The molecule has 4 aromatic carbocycles. The Morgan fingerprint density at radius 2 is 1.27 bits per heavy atom. The van der Waals surface area contributed by atoms with Crippen LogP contribution >= 0.6 is 0 Å². The Labute approximate surface area is 284 Å². The SMILES string of the molecule is CC1(C)Oc2cc(F)c(C#N)cc2CC1=O.CC1(C)Oc2cc(F)c(C#N)cc2N(CCN(Cc2ccccc2)Cc2ccccc2)C1=O. The number of fused-ring (bicyclic) bond motifs is 2. The number of rotatable bonds is 7. The first-order valence-electron chi connectivity index (χ1n) is 15.8. The highest BCUT2D eigenvalue weighted by Gasteiger charge is 2.41. The molecule has 49 heavy (non-hydrogen) atoms. The number of carbonyl (C=O) groups is 2. The summed E-state index contributed by atoms with van der Waals surface area (Å²) in [5.74, 6) is -0.947. The van der Waals surface area contributed by atoms with Crippen LogP contribution in [0, 0.1) is 34.3 Å². The third-order valence-electron chi connectivity index (χ3n) is 8.38. The second-order valence-electron chi connectivity index (χ2n) is 12.9. The summed E-state index contributed by atoms with van der Waals surface area (Å²) >= 11 is 0. The van der Waals surface area contributed by atoms with Gasteiger partial charge in [0.05, 0.1) is 16.8 Å². The predicted molar refractivity (Wildman–Crippen MR) is 180 cm³/mol. The number of carbonyl (C=O) groups excluding carboxylic acids is 2. The average molecular weight is 663 g/mol. The first kappa shape index (κ1) is 34.7. The number of ether oxygens (including phenoxy) is 2. The molecule has 0 aliphatic carbocycles. The maximum Gasteiger partial charge on any atom is 0.270 e. The molecule has 0 spiro atoms. The minimum Gasteiger partial charge on any atom is -0.480 e. The van der Waals surface area contributed by atoms with E-state index >= 15 is 0 Å². The van der Waals surface area contributed by atoms with Gasteiger partial charge in [0.15, 0.2) is 17.0 Å². The number of amides is 1. The fraction of sp³-hybridized carbons (Fsp3) is 0.282. The van der Waals surface area contributed by atoms with Crippen molar-refractivity contribution in [3.05, 3.63) is 124 Å². The molecule has 0 N–H and O–H groups in total. The quantitative estimate of drug-likeness (QED) is 0.212. The lowest BCUT2D eigenvalue weighted by atomic mass is 9.92. The van der Waals surface area contributed by atoms with Crippen LogP contribution in [0.15, 0.2) is 84.9 Å². The van der Waals surface area contributed by atoms with Crippen molar-refractivity contribution in [1.29, 1.82) is 10.5 Å². The highest BCUT2D eigenvalue weighted by molar-refractivity contribution is 6.02. The zero-order valence-electron chi connectivity index (χ0n) is 27.8. The molecular formula is C39H36F2N4O4. The van der Waals surface area contributed by atoms with Gasteiger partial charge in [-0.05, 0) is 51.0 Å². The third-order valence-corrected chi connectivity index (χ3v) is 8.38. The van der Waals surface area contributed by atoms with Crippen molar-refractivity contribution in [3.63, 3.8) is 0 Å². The molecule has 0 aromatic heterocycles. The largest absolute Gasteiger partial charge is 0.480 e. The maximum absolute atomic E-state index is 14.2. The lowest BCUT2D eigenvalue weighted by Crippen LogP contribution is -2.54. The van der Waals surface area contributed by atoms with E-state index in [0.29, 0.717) is 30.1 Å². The molecule has 0 bridgehead atoms. The van der Waals surface area contributed by atoms with E-state index in [1.165, 1.54) is 35.4 Å². The number of benzene rings is 4. The summed E-state index contributed by atoms with van der Waals surface area (Å²) in [6.07, 6.45) is 0.178. The second kappa shape index (κ2) is 14.3. The van der Waals surface area contributed by atoms with Gasteiger partial charge >= 0.3 is 0 Å². The van der Waals surface area contributed by atoms with E-state index in [9.17, 15) is 23.6 Å². The van der Waals surface area contributed by atoms with Gasteiger partial charge in [0.2, 0.25) is 0 Å². The van der Waals surface area contributed by atoms with E-state index < -0.39 is 22.8 Å². The normalized spacial score (nSPS) is 15.4. The van der Waals surface area contributed by atoms with Crippen LogP contribution in [0.4, 0.5) is 14.5 Å². The molecule has 4 aromatic rings. The summed E-state index contributed by atoms with van der Waals surface area (Å²) in [5.41, 5.74) is 1.13. The summed E-state index contributed by atoms with van der Waals surface area (Å²) in [7, 11) is 0. The number of halogens is 2. The summed E-state index contributed by atoms with van der Waals surface area (Å²) < 4.78 is 38.8. The lowest BCUT2D eigenvalue weighted by Gasteiger charge is -2.39. The minimum absolute atomic E-state index is 0.0603. The van der Waals surface area contributed by atoms with Crippen LogP contribution in [-0.4, -0.2) is 40.9 Å². The van der Waals surface area contributed by atoms with E-state index in [4.69, 9.17) is 14.7 Å². The smallest absolute Gasteiger partial charge is 0.270 e. The Balaban J connectivity index is 0.000000244. The molecule has 0 fully saturated rings. The molecule has 2 aliphatic heterocycles. The van der Waals surface area contributed by atoms with E-state index in [-0.39, 0.29) is 35.0 Å². The van der Waals surface area contributed by atoms with Crippen LogP contribution in [0.2, 0.25) is 0 Å². The molecule has 0 unspecified atom stereocenters. The van der Waals surface area contributed by atoms with Crippen molar-refractivity contribution >= 4 is 17.4 Å². The van der Waals surface area contributed by atoms with Gasteiger partial charge in [-0.15, -0.1) is 0 Å². The van der Waals surface area contributed by atoms with Gasteiger partial charge in [-0.25, -0.2) is 8.78 Å². The molecule has 1 amide bonds. The Hall–Kier alpha value is -5.58. The van der Waals surface area contributed by atoms with E-state index in [0.717, 1.165) is 13.1 Å². The molecular weight excluding hydrogens is 626 g/mol. The van der Waals surface area contributed by atoms with Crippen molar-refractivity contribution in [2.45, 2.75) is 58.4 Å². The Bertz CT molecular complexity index is 1910. The monoisotopic (exact) mass is 662 g/mol. The van der Waals surface area contributed by atoms with Gasteiger partial charge in [-0.2, -0.15) is 10.5 Å². The van der Waals surface area contributed by atoms with Crippen molar-refractivity contribution < 1.29 is 27.8 Å². The molecule has 0 atom stereocenters. The van der Waals surface area contributed by atoms with Crippen molar-refractivity contribution in [3.8, 4) is 23.6 Å². The number of hydrogen-bond acceptors (Lipinski definition) is 7. The average Bonchev–Trinajstić information content (AvgIpc) is 3.06. The van der Waals surface area contributed by atoms with Gasteiger partial charge in [-0.3, -0.25) is 14.5 Å². The number of nitrogens with zero attached hydrogens (tertiary/aromatic N) is 4. The molecule has 2 aliphatic rings. The molecule has 8 nitrogen and oxygen atoms in total. The predicted octanol–water partition coefficient (Wildman–Crippen LogP) is 6.88. The van der Waals surface area contributed by atoms with Gasteiger partial charge in [0.1, 0.15) is 35.3 Å². The van der Waals surface area contributed by atoms with Crippen LogP contribution in [0.5, 0.6) is 11.5 Å². The van der Waals surface area contributed by atoms with Crippen LogP contribution < -0.4 is 14.4 Å². The van der Waals surface area contributed by atoms with Crippen LogP contribution in [0.25, 0.3) is 0 Å². The van der Waals surface area contributed by atoms with Crippen molar-refractivity contribution in [2.75, 3.05) is 18.0 Å². The third kappa shape index (κ3) is 7.94. The van der Waals surface area contributed by atoms with Gasteiger partial charge in [-0.1, -0.05) is 60.7 Å².